The van der Waals surface area contributed by atoms with Crippen molar-refractivity contribution in [1.82, 2.24) is 29.5 Å². The third-order valence-electron chi connectivity index (χ3n) is 5.60. The van der Waals surface area contributed by atoms with Crippen molar-refractivity contribution < 1.29 is 13.7 Å². The molecular weight excluding hydrogens is 425 g/mol. The number of anilines is 1. The number of aryl methyl sites for hydroxylation is 1. The first-order chi connectivity index (χ1) is 16.0. The van der Waals surface area contributed by atoms with Gasteiger partial charge in [0.25, 0.3) is 5.91 Å². The van der Waals surface area contributed by atoms with E-state index in [4.69, 9.17) is 14.7 Å². The SMILES string of the molecule is Cc1nocc1C(=O)Nc1cn2nc(-c3cn(C4CC4)nc3-c3ccc(F)cc3)ccc2n1. The summed E-state index contributed by atoms with van der Waals surface area (Å²) in [6.07, 6.45) is 7.10. The smallest absolute Gasteiger partial charge is 0.262 e. The maximum Gasteiger partial charge on any atom is 0.262 e. The molecule has 9 nitrogen and oxygen atoms in total. The Kier molecular flexibility index (Phi) is 4.32. The molecule has 0 atom stereocenters. The number of halogens is 1. The van der Waals surface area contributed by atoms with Gasteiger partial charge in [-0.2, -0.15) is 10.2 Å². The Bertz CT molecular complexity index is 1500. The molecule has 1 fully saturated rings. The van der Waals surface area contributed by atoms with Gasteiger partial charge in [-0.15, -0.1) is 0 Å². The van der Waals surface area contributed by atoms with Crippen LogP contribution in [0.15, 0.2) is 59.6 Å². The molecule has 1 aliphatic rings. The Morgan fingerprint density at radius 1 is 1.12 bits per heavy atom. The molecule has 164 valence electrons. The van der Waals surface area contributed by atoms with E-state index in [9.17, 15) is 9.18 Å². The number of carbonyl (C=O) groups is 1. The summed E-state index contributed by atoms with van der Waals surface area (Å²) < 4.78 is 21.9. The van der Waals surface area contributed by atoms with Gasteiger partial charge in [0, 0.05) is 17.3 Å². The molecule has 33 heavy (non-hydrogen) atoms. The zero-order valence-electron chi connectivity index (χ0n) is 17.6. The van der Waals surface area contributed by atoms with Gasteiger partial charge < -0.3 is 9.84 Å². The Morgan fingerprint density at radius 3 is 2.67 bits per heavy atom. The molecule has 0 spiro atoms. The van der Waals surface area contributed by atoms with Gasteiger partial charge in [-0.25, -0.2) is 13.9 Å². The Morgan fingerprint density at radius 2 is 1.94 bits per heavy atom. The van der Waals surface area contributed by atoms with E-state index in [2.05, 4.69) is 15.5 Å². The number of rotatable bonds is 5. The van der Waals surface area contributed by atoms with Crippen molar-refractivity contribution in [2.24, 2.45) is 0 Å². The van der Waals surface area contributed by atoms with Gasteiger partial charge in [-0.1, -0.05) is 5.16 Å². The van der Waals surface area contributed by atoms with E-state index in [0.717, 1.165) is 29.7 Å². The number of amides is 1. The van der Waals surface area contributed by atoms with Crippen molar-refractivity contribution in [1.29, 1.82) is 0 Å². The van der Waals surface area contributed by atoms with Crippen molar-refractivity contribution in [3.8, 4) is 22.5 Å². The number of imidazole rings is 1. The number of nitrogens with zero attached hydrogens (tertiary/aromatic N) is 6. The van der Waals surface area contributed by atoms with E-state index in [1.165, 1.54) is 18.4 Å². The average molecular weight is 443 g/mol. The number of nitrogens with one attached hydrogen (secondary N) is 1. The number of carbonyl (C=O) groups excluding carboxylic acids is 1. The van der Waals surface area contributed by atoms with Crippen LogP contribution in [0.4, 0.5) is 10.2 Å². The number of fused-ring (bicyclic) bond motifs is 1. The Balaban J connectivity index is 1.36. The molecule has 4 heterocycles. The zero-order chi connectivity index (χ0) is 22.5. The fraction of sp³-hybridized carbons (Fsp3) is 0.174. The summed E-state index contributed by atoms with van der Waals surface area (Å²) >= 11 is 0. The van der Waals surface area contributed by atoms with Crippen molar-refractivity contribution in [3.63, 3.8) is 0 Å². The van der Waals surface area contributed by atoms with Gasteiger partial charge in [-0.05, 0) is 56.2 Å². The maximum atomic E-state index is 13.5. The highest BCUT2D eigenvalue weighted by Gasteiger charge is 2.27. The number of hydrogen-bond donors (Lipinski definition) is 1. The van der Waals surface area contributed by atoms with Crippen LogP contribution in [0.2, 0.25) is 0 Å². The molecule has 0 unspecified atom stereocenters. The van der Waals surface area contributed by atoms with E-state index < -0.39 is 0 Å². The summed E-state index contributed by atoms with van der Waals surface area (Å²) in [4.78, 5) is 16.9. The first-order valence-electron chi connectivity index (χ1n) is 10.5. The minimum absolute atomic E-state index is 0.296. The summed E-state index contributed by atoms with van der Waals surface area (Å²) in [5.74, 6) is -0.296. The van der Waals surface area contributed by atoms with Gasteiger partial charge in [0.05, 0.1) is 23.6 Å². The first-order valence-corrected chi connectivity index (χ1v) is 10.5. The topological polar surface area (TPSA) is 103 Å². The lowest BCUT2D eigenvalue weighted by molar-refractivity contribution is 0.102. The second kappa shape index (κ2) is 7.37. The molecule has 0 aliphatic heterocycles. The predicted molar refractivity (Wildman–Crippen MR) is 117 cm³/mol. The largest absolute Gasteiger partial charge is 0.364 e. The van der Waals surface area contributed by atoms with Crippen molar-refractivity contribution in [3.05, 3.63) is 72.1 Å². The van der Waals surface area contributed by atoms with Crippen LogP contribution >= 0.6 is 0 Å². The fourth-order valence-electron chi connectivity index (χ4n) is 3.71. The summed E-state index contributed by atoms with van der Waals surface area (Å²) in [5.41, 5.74) is 4.51. The number of benzene rings is 1. The second-order valence-corrected chi connectivity index (χ2v) is 8.02. The highest BCUT2D eigenvalue weighted by Crippen LogP contribution is 2.38. The lowest BCUT2D eigenvalue weighted by atomic mass is 10.1. The zero-order valence-corrected chi connectivity index (χ0v) is 17.6. The third kappa shape index (κ3) is 3.55. The van der Waals surface area contributed by atoms with Crippen LogP contribution in [0.5, 0.6) is 0 Å². The predicted octanol–water partition coefficient (Wildman–Crippen LogP) is 4.28. The fourth-order valence-corrected chi connectivity index (χ4v) is 3.71. The van der Waals surface area contributed by atoms with Gasteiger partial charge in [0.15, 0.2) is 11.5 Å². The Labute approximate surface area is 186 Å². The lowest BCUT2D eigenvalue weighted by Gasteiger charge is -2.03. The molecule has 1 amide bonds. The molecule has 4 aromatic heterocycles. The van der Waals surface area contributed by atoms with Gasteiger partial charge in [0.2, 0.25) is 0 Å². The van der Waals surface area contributed by atoms with E-state index in [-0.39, 0.29) is 11.7 Å². The molecule has 10 heteroatoms. The molecule has 0 radical (unpaired) electrons. The Hall–Kier alpha value is -4.34. The van der Waals surface area contributed by atoms with Crippen LogP contribution in [0, 0.1) is 12.7 Å². The lowest BCUT2D eigenvalue weighted by Crippen LogP contribution is -2.12. The highest BCUT2D eigenvalue weighted by atomic mass is 19.1. The second-order valence-electron chi connectivity index (χ2n) is 8.02. The minimum Gasteiger partial charge on any atom is -0.364 e. The number of hydrogen-bond acceptors (Lipinski definition) is 6. The normalized spacial score (nSPS) is 13.5. The van der Waals surface area contributed by atoms with E-state index in [1.807, 2.05) is 23.0 Å². The van der Waals surface area contributed by atoms with Gasteiger partial charge >= 0.3 is 0 Å². The molecule has 1 aromatic carbocycles. The molecule has 0 saturated heterocycles. The van der Waals surface area contributed by atoms with E-state index in [0.29, 0.717) is 34.5 Å². The first kappa shape index (κ1) is 19.4. The molecular formula is C23H18FN7O2. The van der Waals surface area contributed by atoms with Crippen LogP contribution < -0.4 is 5.32 Å². The molecule has 0 bridgehead atoms. The van der Waals surface area contributed by atoms with Crippen LogP contribution in [0.3, 0.4) is 0 Å². The maximum absolute atomic E-state index is 13.5. The molecule has 1 aliphatic carbocycles. The van der Waals surface area contributed by atoms with Gasteiger partial charge in [0.1, 0.15) is 23.3 Å². The summed E-state index contributed by atoms with van der Waals surface area (Å²) in [7, 11) is 0. The van der Waals surface area contributed by atoms with Crippen LogP contribution in [0.1, 0.15) is 34.9 Å². The summed E-state index contributed by atoms with van der Waals surface area (Å²) in [5, 5.41) is 15.9. The highest BCUT2D eigenvalue weighted by molar-refractivity contribution is 6.04. The van der Waals surface area contributed by atoms with Crippen LogP contribution in [-0.4, -0.2) is 35.4 Å². The molecule has 1 saturated carbocycles. The molecule has 5 aromatic rings. The van der Waals surface area contributed by atoms with Crippen molar-refractivity contribution >= 4 is 17.4 Å². The van der Waals surface area contributed by atoms with Gasteiger partial charge in [-0.3, -0.25) is 9.48 Å². The van der Waals surface area contributed by atoms with Crippen molar-refractivity contribution in [2.45, 2.75) is 25.8 Å². The number of aromatic nitrogens is 6. The minimum atomic E-state index is -0.360. The summed E-state index contributed by atoms with van der Waals surface area (Å²) in [6, 6.07) is 10.4. The van der Waals surface area contributed by atoms with Crippen molar-refractivity contribution in [2.75, 3.05) is 5.32 Å². The third-order valence-corrected chi connectivity index (χ3v) is 5.60. The van der Waals surface area contributed by atoms with E-state index >= 15 is 0 Å². The summed E-state index contributed by atoms with van der Waals surface area (Å²) in [6.45, 7) is 1.69. The monoisotopic (exact) mass is 443 g/mol. The van der Waals surface area contributed by atoms with E-state index in [1.54, 1.807) is 29.8 Å². The quantitative estimate of drug-likeness (QED) is 0.435. The molecule has 6 rings (SSSR count). The average Bonchev–Trinajstić information content (AvgIpc) is 3.22. The van der Waals surface area contributed by atoms with Crippen LogP contribution in [-0.2, 0) is 0 Å². The van der Waals surface area contributed by atoms with Crippen LogP contribution in [0.25, 0.3) is 28.2 Å². The molecule has 1 N–H and O–H groups in total. The standard InChI is InChI=1S/C23H18FN7O2/c1-13-18(12-33-29-13)23(32)26-20-11-31-21(25-20)9-8-19(27-31)17-10-30(16-6-7-16)28-22(17)14-2-4-15(24)5-3-14/h2-5,8-12,16H,6-7H2,1H3,(H,26,32).